The molecule has 37 heteroatoms. The van der Waals surface area contributed by atoms with E-state index in [1.165, 1.54) is 0 Å². The van der Waals surface area contributed by atoms with Crippen LogP contribution in [0.2, 0.25) is 0 Å². The first-order valence-electron chi connectivity index (χ1n) is 15.7. The van der Waals surface area contributed by atoms with Crippen LogP contribution >= 0.6 is 7.26 Å². The maximum Gasteiger partial charge on any atom is 0.423 e. The van der Waals surface area contributed by atoms with Crippen LogP contribution in [-0.2, 0) is 49.4 Å². The number of benzene rings is 4. The lowest BCUT2D eigenvalue weighted by atomic mass is 10.1. The van der Waals surface area contributed by atoms with E-state index in [2.05, 4.69) is 0 Å². The van der Waals surface area contributed by atoms with E-state index in [4.69, 9.17) is 0 Å². The number of hydrogen-bond donors (Lipinski definition) is 0. The van der Waals surface area contributed by atoms with E-state index in [1.54, 1.807) is 0 Å². The summed E-state index contributed by atoms with van der Waals surface area (Å²) >= 11 is 0. The van der Waals surface area contributed by atoms with Crippen molar-refractivity contribution < 1.29 is 158 Å². The lowest BCUT2D eigenvalue weighted by molar-refractivity contribution is -0.150. The van der Waals surface area contributed by atoms with Crippen molar-refractivity contribution in [2.75, 3.05) is 0 Å². The Balaban J connectivity index is 3.11. The Morgan fingerprint density at radius 1 is 0.159 bits per heavy atom. The highest BCUT2D eigenvalue weighted by molar-refractivity contribution is 8.02. The molecule has 4 rings (SSSR count). The summed E-state index contributed by atoms with van der Waals surface area (Å²) in [6.45, 7) is 0. The molecule has 0 aliphatic carbocycles. The minimum Gasteiger partial charge on any atom is -0.205 e. The summed E-state index contributed by atoms with van der Waals surface area (Å²) in [6.07, 6.45) is -63.3. The van der Waals surface area contributed by atoms with Crippen LogP contribution in [-0.4, -0.2) is 0 Å². The van der Waals surface area contributed by atoms with Gasteiger partial charge in [-0.2, -0.15) is 123 Å². The quantitative estimate of drug-likeness (QED) is 0.109. The minimum atomic E-state index is -10.9. The van der Waals surface area contributed by atoms with Gasteiger partial charge in [0.25, 0.3) is 0 Å². The first-order chi connectivity index (χ1) is 30.4. The molecule has 4 aromatic carbocycles. The lowest BCUT2D eigenvalue weighted by Gasteiger charge is -2.36. The molecule has 0 aliphatic rings. The average molecular weight is 1100 g/mol. The maximum absolute atomic E-state index is 16.6. The van der Waals surface area contributed by atoms with Crippen LogP contribution in [0.25, 0.3) is 0 Å². The molecule has 0 radical (unpaired) electrons. The molecule has 4 aromatic rings. The summed E-state index contributed by atoms with van der Waals surface area (Å²) in [7, 11) is -10.9. The van der Waals surface area contributed by atoms with Crippen molar-refractivity contribution in [1.82, 2.24) is 0 Å². The lowest BCUT2D eigenvalue weighted by Crippen LogP contribution is -2.53. The predicted octanol–water partition coefficient (Wildman–Crippen LogP) is 14.1. The molecule has 69 heavy (non-hydrogen) atoms. The zero-order valence-corrected chi connectivity index (χ0v) is 30.9. The van der Waals surface area contributed by atoms with Gasteiger partial charge in [0.15, 0.2) is 75.0 Å². The average Bonchev–Trinajstić information content (AvgIpc) is 3.08. The van der Waals surface area contributed by atoms with Gasteiger partial charge < -0.3 is 0 Å². The van der Waals surface area contributed by atoms with Crippen molar-refractivity contribution in [2.24, 2.45) is 0 Å². The van der Waals surface area contributed by atoms with Gasteiger partial charge in [-0.25, -0.2) is 35.1 Å². The molecule has 0 aromatic heterocycles. The van der Waals surface area contributed by atoms with E-state index in [0.29, 0.717) is 0 Å². The second kappa shape index (κ2) is 16.4. The zero-order valence-electron chi connectivity index (χ0n) is 30.1. The third kappa shape index (κ3) is 8.76. The summed E-state index contributed by atoms with van der Waals surface area (Å²) in [5, 5.41) is -21.9. The SMILES string of the molecule is Fc1c(F)c([P+](c2c(F)c(F)c(C(F)(F)F)c(F)c2C(F)(F)F)(c2c(F)c(F)c(C(F)(F)F)c(F)c2C(F)(F)F)c2c(F)c(F)c(C(F)(F)F)c(F)c2C(F)(F)F)c(C(F)(F)F)c(F)c1C(F)(F)F. The Labute approximate surface area is 351 Å². The molecule has 0 fully saturated rings. The second-order valence-electron chi connectivity index (χ2n) is 12.8. The van der Waals surface area contributed by atoms with E-state index in [0.717, 1.165) is 0 Å². The molecule has 0 nitrogen and oxygen atoms in total. The Bertz CT molecular complexity index is 2380. The van der Waals surface area contributed by atoms with Crippen molar-refractivity contribution in [3.05, 3.63) is 114 Å². The molecule has 0 unspecified atom stereocenters. The Hall–Kier alpha value is -5.21. The molecule has 0 saturated heterocycles. The molecule has 384 valence electrons. The zero-order chi connectivity index (χ0) is 54.4. The fourth-order valence-electron chi connectivity index (χ4n) is 6.56. The largest absolute Gasteiger partial charge is 0.423 e. The van der Waals surface area contributed by atoms with E-state index >= 15 is 52.7 Å². The van der Waals surface area contributed by atoms with E-state index in [9.17, 15) is 105 Å². The van der Waals surface area contributed by atoms with Gasteiger partial charge in [-0.05, 0) is 0 Å². The molecule has 0 heterocycles. The molecule has 0 atom stereocenters. The molecule has 0 amide bonds. The van der Waals surface area contributed by atoms with Gasteiger partial charge in [0.2, 0.25) is 23.3 Å². The highest BCUT2D eigenvalue weighted by atomic mass is 31.2. The fourth-order valence-corrected chi connectivity index (χ4v) is 11.7. The summed E-state index contributed by atoms with van der Waals surface area (Å²) in [6, 6.07) is 0. The predicted molar refractivity (Wildman–Crippen MR) is 151 cm³/mol. The van der Waals surface area contributed by atoms with Crippen LogP contribution in [0, 0.1) is 69.8 Å². The Kier molecular flexibility index (Phi) is 13.4. The van der Waals surface area contributed by atoms with Gasteiger partial charge in [0.1, 0.15) is 44.5 Å². The first-order valence-corrected chi connectivity index (χ1v) is 17.5. The third-order valence-electron chi connectivity index (χ3n) is 8.79. The molecule has 0 N–H and O–H groups in total. The highest BCUT2D eigenvalue weighted by Crippen LogP contribution is 2.66. The third-order valence-corrected chi connectivity index (χ3v) is 13.2. The molecule has 0 saturated carbocycles. The Morgan fingerprint density at radius 2 is 0.275 bits per heavy atom. The summed E-state index contributed by atoms with van der Waals surface area (Å²) < 4.78 is 538. The first kappa shape index (κ1) is 56.4. The number of alkyl halides is 24. The van der Waals surface area contributed by atoms with Gasteiger partial charge >= 0.3 is 49.4 Å². The second-order valence-corrected chi connectivity index (χ2v) is 15.9. The van der Waals surface area contributed by atoms with Gasteiger partial charge in [-0.3, -0.25) is 0 Å². The van der Waals surface area contributed by atoms with Gasteiger partial charge in [-0.15, -0.1) is 0 Å². The maximum atomic E-state index is 16.6. The van der Waals surface area contributed by atoms with Gasteiger partial charge in [0, 0.05) is 0 Å². The van der Waals surface area contributed by atoms with Crippen molar-refractivity contribution in [1.29, 1.82) is 0 Å². The minimum absolute atomic E-state index is 4.75. The van der Waals surface area contributed by atoms with E-state index in [1.807, 2.05) is 0 Å². The summed E-state index contributed by atoms with van der Waals surface area (Å²) in [5.41, 5.74) is -40.8. The number of hydrogen-bond acceptors (Lipinski definition) is 0. The van der Waals surface area contributed by atoms with Crippen LogP contribution in [0.5, 0.6) is 0 Å². The van der Waals surface area contributed by atoms with Crippen LogP contribution in [0.3, 0.4) is 0 Å². The molecule has 0 aliphatic heterocycles. The van der Waals surface area contributed by atoms with Crippen LogP contribution in [0.4, 0.5) is 158 Å². The van der Waals surface area contributed by atoms with Gasteiger partial charge in [0.05, 0.1) is 0 Å². The van der Waals surface area contributed by atoms with Gasteiger partial charge in [-0.1, -0.05) is 0 Å². The summed E-state index contributed by atoms with van der Waals surface area (Å²) in [4.78, 5) is 0. The van der Waals surface area contributed by atoms with Crippen LogP contribution in [0.15, 0.2) is 0 Å². The smallest absolute Gasteiger partial charge is 0.205 e. The molecule has 0 bridgehead atoms. The molecule has 0 spiro atoms. The Morgan fingerprint density at radius 3 is 0.377 bits per heavy atom. The summed E-state index contributed by atoms with van der Waals surface area (Å²) in [5.74, 6) is -62.3. The van der Waals surface area contributed by atoms with Crippen LogP contribution < -0.4 is 21.2 Å². The fraction of sp³-hybridized carbons (Fsp3) is 0.250. The van der Waals surface area contributed by atoms with E-state index in [-0.39, 0.29) is 0 Å². The highest BCUT2D eigenvalue weighted by Gasteiger charge is 2.72. The number of halogens is 36. The standard InChI is InChI=1S/C32F36P/c33-9-1(25(45,46)47)13(37)17(41)21(5(9)29(57,58)59)69(22-6(30(60,61)62)10(34)2(26(48,49)50)14(38)18(22)42,23-7(31(63,64)65)11(35)3(27(51,52)53)15(39)19(23)43)24-8(32(66,67)68)12(36)4(28(54,55)56)16(40)20(24)44/q+1. The van der Waals surface area contributed by atoms with Crippen molar-refractivity contribution in [2.45, 2.75) is 49.4 Å². The monoisotopic (exact) mass is 1100 g/mol. The normalized spacial score (nSPS) is 14.1. The molecular weight excluding hydrogens is 1100 g/mol. The van der Waals surface area contributed by atoms with Crippen LogP contribution in [0.1, 0.15) is 44.5 Å². The van der Waals surface area contributed by atoms with Crippen molar-refractivity contribution in [3.63, 3.8) is 0 Å². The molecular formula is C32F36P+. The van der Waals surface area contributed by atoms with Crippen molar-refractivity contribution >= 4 is 28.5 Å². The topological polar surface area (TPSA) is 0 Å². The number of rotatable bonds is 4. The van der Waals surface area contributed by atoms with Crippen molar-refractivity contribution in [3.8, 4) is 0 Å². The van der Waals surface area contributed by atoms with E-state index < -0.39 is 192 Å².